The summed E-state index contributed by atoms with van der Waals surface area (Å²) in [5, 5.41) is 10.8. The van der Waals surface area contributed by atoms with Gasteiger partial charge in [0.25, 0.3) is 6.04 Å². The van der Waals surface area contributed by atoms with E-state index in [2.05, 4.69) is 11.7 Å². The molecule has 1 atom stereocenters. The first kappa shape index (κ1) is 16.5. The normalized spacial score (nSPS) is 11.9. The van der Waals surface area contributed by atoms with Crippen molar-refractivity contribution in [2.45, 2.75) is 57.9 Å². The molecule has 1 unspecified atom stereocenters. The van der Waals surface area contributed by atoms with Crippen LogP contribution in [0.25, 0.3) is 0 Å². The summed E-state index contributed by atoms with van der Waals surface area (Å²) >= 11 is 0. The van der Waals surface area contributed by atoms with E-state index in [4.69, 9.17) is 0 Å². The van der Waals surface area contributed by atoms with Crippen LogP contribution in [-0.4, -0.2) is 29.8 Å². The Kier molecular flexibility index (Phi) is 8.78. The molecule has 0 spiro atoms. The maximum absolute atomic E-state index is 11.7. The fourth-order valence-electron chi connectivity index (χ4n) is 1.63. The lowest BCUT2D eigenvalue weighted by Crippen LogP contribution is -2.30. The lowest BCUT2D eigenvalue weighted by Gasteiger charge is -2.07. The Morgan fingerprint density at radius 3 is 2.39 bits per heavy atom. The van der Waals surface area contributed by atoms with Crippen LogP contribution in [0.5, 0.6) is 0 Å². The minimum Gasteiger partial charge on any atom is -0.469 e. The molecule has 0 saturated carbocycles. The first-order valence-electron chi connectivity index (χ1n) is 6.26. The number of ketones is 1. The van der Waals surface area contributed by atoms with Crippen LogP contribution in [0.4, 0.5) is 0 Å². The van der Waals surface area contributed by atoms with E-state index in [0.29, 0.717) is 6.42 Å². The third-order valence-electron chi connectivity index (χ3n) is 2.75. The van der Waals surface area contributed by atoms with Gasteiger partial charge < -0.3 is 4.74 Å². The van der Waals surface area contributed by atoms with Gasteiger partial charge in [-0.1, -0.05) is 26.2 Å². The molecule has 0 fully saturated rings. The Morgan fingerprint density at radius 1 is 1.22 bits per heavy atom. The molecule has 0 heterocycles. The zero-order valence-electron chi connectivity index (χ0n) is 11.0. The summed E-state index contributed by atoms with van der Waals surface area (Å²) in [4.78, 5) is 32.7. The maximum atomic E-state index is 11.7. The number of nitrogens with zero attached hydrogens (tertiary/aromatic N) is 1. The number of carbonyl (C=O) groups excluding carboxylic acids is 2. The molecule has 104 valence electrons. The largest absolute Gasteiger partial charge is 0.469 e. The molecule has 0 aliphatic rings. The molecule has 0 saturated heterocycles. The topological polar surface area (TPSA) is 86.5 Å². The number of hydrogen-bond acceptors (Lipinski definition) is 5. The van der Waals surface area contributed by atoms with Gasteiger partial charge in [0.1, 0.15) is 0 Å². The van der Waals surface area contributed by atoms with Gasteiger partial charge in [0.15, 0.2) is 0 Å². The molecule has 6 nitrogen and oxygen atoms in total. The maximum Gasteiger partial charge on any atom is 0.305 e. The predicted molar refractivity (Wildman–Crippen MR) is 65.8 cm³/mol. The first-order chi connectivity index (χ1) is 8.52. The molecular weight excluding hydrogens is 238 g/mol. The molecule has 6 heteroatoms. The Bertz CT molecular complexity index is 290. The molecule has 0 aromatic rings. The Hall–Kier alpha value is -1.46. The summed E-state index contributed by atoms with van der Waals surface area (Å²) in [6.45, 7) is 2.05. The number of ether oxygens (including phenoxy) is 1. The van der Waals surface area contributed by atoms with E-state index in [1.807, 2.05) is 0 Å². The number of carbonyl (C=O) groups is 2. The predicted octanol–water partition coefficient (Wildman–Crippen LogP) is 2.12. The zero-order valence-corrected chi connectivity index (χ0v) is 11.0. The monoisotopic (exact) mass is 259 g/mol. The van der Waals surface area contributed by atoms with Crippen molar-refractivity contribution < 1.29 is 19.2 Å². The Labute approximate surface area is 107 Å². The molecular formula is C12H21NO5. The number of rotatable bonds is 10. The summed E-state index contributed by atoms with van der Waals surface area (Å²) in [5.74, 6) is -0.916. The molecule has 0 aliphatic heterocycles. The van der Waals surface area contributed by atoms with Gasteiger partial charge in [0, 0.05) is 17.8 Å². The van der Waals surface area contributed by atoms with Gasteiger partial charge in [-0.2, -0.15) is 0 Å². The van der Waals surface area contributed by atoms with E-state index in [-0.39, 0.29) is 25.0 Å². The van der Waals surface area contributed by atoms with Gasteiger partial charge in [-0.25, -0.2) is 0 Å². The van der Waals surface area contributed by atoms with Crippen LogP contribution in [0.15, 0.2) is 0 Å². The molecule has 18 heavy (non-hydrogen) atoms. The highest BCUT2D eigenvalue weighted by Crippen LogP contribution is 2.10. The number of nitro groups is 1. The molecule has 0 radical (unpaired) electrons. The lowest BCUT2D eigenvalue weighted by atomic mass is 10.0. The Balaban J connectivity index is 4.11. The van der Waals surface area contributed by atoms with E-state index < -0.39 is 16.9 Å². The van der Waals surface area contributed by atoms with E-state index in [1.54, 1.807) is 0 Å². The molecule has 0 aromatic heterocycles. The van der Waals surface area contributed by atoms with E-state index in [1.165, 1.54) is 7.11 Å². The van der Waals surface area contributed by atoms with Crippen LogP contribution in [0.3, 0.4) is 0 Å². The minimum absolute atomic E-state index is 0.0771. The van der Waals surface area contributed by atoms with Crippen molar-refractivity contribution in [1.29, 1.82) is 0 Å². The average Bonchev–Trinajstić information content (AvgIpc) is 2.34. The van der Waals surface area contributed by atoms with Gasteiger partial charge in [0.2, 0.25) is 5.78 Å². The third-order valence-corrected chi connectivity index (χ3v) is 2.75. The van der Waals surface area contributed by atoms with Gasteiger partial charge in [0.05, 0.1) is 13.5 Å². The second-order valence-corrected chi connectivity index (χ2v) is 4.19. The third kappa shape index (κ3) is 6.98. The summed E-state index contributed by atoms with van der Waals surface area (Å²) in [6.07, 6.45) is 3.70. The highest BCUT2D eigenvalue weighted by molar-refractivity contribution is 5.83. The quantitative estimate of drug-likeness (QED) is 0.259. The van der Waals surface area contributed by atoms with Gasteiger partial charge in [-0.15, -0.1) is 0 Å². The molecule has 0 rings (SSSR count). The second-order valence-electron chi connectivity index (χ2n) is 4.19. The van der Waals surface area contributed by atoms with Crippen molar-refractivity contribution in [2.24, 2.45) is 0 Å². The van der Waals surface area contributed by atoms with Gasteiger partial charge >= 0.3 is 5.97 Å². The second kappa shape index (κ2) is 9.56. The standard InChI is InChI=1S/C12H21NO5/c1-3-4-5-6-7-11(14)10(13(16)17)8-9-12(15)18-2/h10H,3-9H2,1-2H3. The molecule has 0 bridgehead atoms. The summed E-state index contributed by atoms with van der Waals surface area (Å²) in [6, 6.07) is -1.27. The fourth-order valence-corrected chi connectivity index (χ4v) is 1.63. The van der Waals surface area contributed by atoms with E-state index in [0.717, 1.165) is 19.3 Å². The van der Waals surface area contributed by atoms with Crippen LogP contribution >= 0.6 is 0 Å². The van der Waals surface area contributed by atoms with Gasteiger partial charge in [-0.3, -0.25) is 19.7 Å². The number of esters is 1. The van der Waals surface area contributed by atoms with Crippen LogP contribution in [0.1, 0.15) is 51.9 Å². The van der Waals surface area contributed by atoms with Gasteiger partial charge in [-0.05, 0) is 6.42 Å². The van der Waals surface area contributed by atoms with Crippen molar-refractivity contribution in [3.63, 3.8) is 0 Å². The van der Waals surface area contributed by atoms with Crippen LogP contribution < -0.4 is 0 Å². The molecule has 0 aliphatic carbocycles. The zero-order chi connectivity index (χ0) is 14.0. The smallest absolute Gasteiger partial charge is 0.305 e. The molecule has 0 aromatic carbocycles. The van der Waals surface area contributed by atoms with Crippen molar-refractivity contribution in [3.8, 4) is 0 Å². The highest BCUT2D eigenvalue weighted by atomic mass is 16.6. The van der Waals surface area contributed by atoms with Crippen LogP contribution in [0.2, 0.25) is 0 Å². The average molecular weight is 259 g/mol. The van der Waals surface area contributed by atoms with Crippen molar-refractivity contribution in [1.82, 2.24) is 0 Å². The Morgan fingerprint density at radius 2 is 1.89 bits per heavy atom. The van der Waals surface area contributed by atoms with E-state index in [9.17, 15) is 19.7 Å². The van der Waals surface area contributed by atoms with E-state index >= 15 is 0 Å². The van der Waals surface area contributed by atoms with Crippen molar-refractivity contribution in [3.05, 3.63) is 10.1 Å². The van der Waals surface area contributed by atoms with Crippen molar-refractivity contribution in [2.75, 3.05) is 7.11 Å². The summed E-state index contributed by atoms with van der Waals surface area (Å²) < 4.78 is 4.40. The van der Waals surface area contributed by atoms with Crippen LogP contribution in [0, 0.1) is 10.1 Å². The number of methoxy groups -OCH3 is 1. The minimum atomic E-state index is -1.27. The van der Waals surface area contributed by atoms with Crippen LogP contribution in [-0.2, 0) is 14.3 Å². The number of unbranched alkanes of at least 4 members (excludes halogenated alkanes) is 3. The molecule has 0 N–H and O–H groups in total. The summed E-state index contributed by atoms with van der Waals surface area (Å²) in [7, 11) is 1.22. The van der Waals surface area contributed by atoms with Crippen molar-refractivity contribution >= 4 is 11.8 Å². The number of Topliss-reactive ketones (excluding diaryl/α,β-unsaturated/α-hetero) is 1. The number of hydrogen-bond donors (Lipinski definition) is 0. The summed E-state index contributed by atoms with van der Waals surface area (Å²) in [5.41, 5.74) is 0. The molecule has 0 amide bonds. The fraction of sp³-hybridized carbons (Fsp3) is 0.833. The lowest BCUT2D eigenvalue weighted by molar-refractivity contribution is -0.508. The SMILES string of the molecule is CCCCCCC(=O)C(CCC(=O)OC)[N+](=O)[O-]. The first-order valence-corrected chi connectivity index (χ1v) is 6.26. The highest BCUT2D eigenvalue weighted by Gasteiger charge is 2.29.